The number of aliphatic hydroxyl groups excluding tert-OH is 4. The van der Waals surface area contributed by atoms with Crippen molar-refractivity contribution < 1.29 is 53.7 Å². The van der Waals surface area contributed by atoms with Crippen LogP contribution in [0.2, 0.25) is 0 Å². The summed E-state index contributed by atoms with van der Waals surface area (Å²) in [4.78, 5) is 24.0. The molecule has 0 radical (unpaired) electrons. The minimum absolute atomic E-state index is 0.0633. The molecular formula is C19H28O11. The molecule has 11 nitrogen and oxygen atoms in total. The van der Waals surface area contributed by atoms with E-state index in [-0.39, 0.29) is 12.0 Å². The van der Waals surface area contributed by atoms with E-state index in [1.165, 1.54) is 27.2 Å². The van der Waals surface area contributed by atoms with Gasteiger partial charge in [-0.3, -0.25) is 4.79 Å². The van der Waals surface area contributed by atoms with Gasteiger partial charge in [0, 0.05) is 11.8 Å². The first-order valence-electron chi connectivity index (χ1n) is 9.25. The van der Waals surface area contributed by atoms with Crippen LogP contribution in [0.3, 0.4) is 0 Å². The van der Waals surface area contributed by atoms with Gasteiger partial charge in [-0.25, -0.2) is 4.79 Å². The second-order valence-electron chi connectivity index (χ2n) is 7.29. The smallest absolute Gasteiger partial charge is 0.337 e. The molecule has 2 heterocycles. The number of esters is 2. The maximum Gasteiger partial charge on any atom is 0.337 e. The maximum atomic E-state index is 12.1. The van der Waals surface area contributed by atoms with Crippen LogP contribution in [-0.2, 0) is 33.3 Å². The Morgan fingerprint density at radius 2 is 1.87 bits per heavy atom. The van der Waals surface area contributed by atoms with E-state index < -0.39 is 66.9 Å². The molecule has 30 heavy (non-hydrogen) atoms. The van der Waals surface area contributed by atoms with Gasteiger partial charge in [-0.1, -0.05) is 6.08 Å². The lowest BCUT2D eigenvalue weighted by atomic mass is 9.81. The molecule has 0 aliphatic carbocycles. The molecule has 1 fully saturated rings. The van der Waals surface area contributed by atoms with Crippen molar-refractivity contribution in [2.24, 2.45) is 11.8 Å². The summed E-state index contributed by atoms with van der Waals surface area (Å²) in [5.41, 5.74) is -1.55. The SMILES string of the molecule is C=C[C@H]1[C@H](O[C@@H]2O[C@](C)(CO)[C@H](O)[C@@H](O)[C@H]2O)OC=C(C(=O)OC)[C@H]1CC(=O)OC. The summed E-state index contributed by atoms with van der Waals surface area (Å²) >= 11 is 0. The quantitative estimate of drug-likeness (QED) is 0.276. The third kappa shape index (κ3) is 4.66. The Morgan fingerprint density at radius 3 is 2.40 bits per heavy atom. The zero-order valence-corrected chi connectivity index (χ0v) is 17.0. The number of ether oxygens (including phenoxy) is 5. The van der Waals surface area contributed by atoms with E-state index >= 15 is 0 Å². The molecule has 0 aromatic carbocycles. The fraction of sp³-hybridized carbons (Fsp3) is 0.684. The molecule has 0 spiro atoms. The van der Waals surface area contributed by atoms with E-state index in [4.69, 9.17) is 18.9 Å². The highest BCUT2D eigenvalue weighted by Crippen LogP contribution is 2.38. The molecule has 1 saturated heterocycles. The van der Waals surface area contributed by atoms with Crippen LogP contribution in [0, 0.1) is 11.8 Å². The number of methoxy groups -OCH3 is 2. The Kier molecular flexibility index (Phi) is 7.97. The second kappa shape index (κ2) is 9.86. The Labute approximate surface area is 173 Å². The third-order valence-corrected chi connectivity index (χ3v) is 5.36. The van der Waals surface area contributed by atoms with E-state index in [1.54, 1.807) is 0 Å². The summed E-state index contributed by atoms with van der Waals surface area (Å²) in [6.45, 7) is 4.37. The molecule has 2 rings (SSSR count). The highest BCUT2D eigenvalue weighted by molar-refractivity contribution is 5.90. The molecule has 2 aliphatic rings. The van der Waals surface area contributed by atoms with E-state index in [0.29, 0.717) is 0 Å². The van der Waals surface area contributed by atoms with Crippen LogP contribution >= 0.6 is 0 Å². The van der Waals surface area contributed by atoms with Crippen LogP contribution in [0.15, 0.2) is 24.5 Å². The van der Waals surface area contributed by atoms with Crippen LogP contribution in [-0.4, -0.2) is 89.7 Å². The first kappa shape index (κ1) is 24.3. The topological polar surface area (TPSA) is 161 Å². The molecule has 4 N–H and O–H groups in total. The van der Waals surface area contributed by atoms with Gasteiger partial charge in [-0.05, 0) is 6.92 Å². The summed E-state index contributed by atoms with van der Waals surface area (Å²) in [6.07, 6.45) is -5.32. The first-order valence-corrected chi connectivity index (χ1v) is 9.25. The van der Waals surface area contributed by atoms with Gasteiger partial charge in [0.1, 0.15) is 23.9 Å². The van der Waals surface area contributed by atoms with Gasteiger partial charge >= 0.3 is 11.9 Å². The minimum atomic E-state index is -1.67. The van der Waals surface area contributed by atoms with Gasteiger partial charge in [0.2, 0.25) is 6.29 Å². The van der Waals surface area contributed by atoms with Crippen molar-refractivity contribution in [2.75, 3.05) is 20.8 Å². The molecule has 2 aliphatic heterocycles. The Bertz CT molecular complexity index is 677. The Balaban J connectivity index is 2.30. The second-order valence-corrected chi connectivity index (χ2v) is 7.29. The number of hydrogen-bond acceptors (Lipinski definition) is 11. The number of carbonyl (C=O) groups is 2. The van der Waals surface area contributed by atoms with E-state index in [9.17, 15) is 30.0 Å². The normalized spacial score (nSPS) is 38.8. The molecule has 0 aromatic rings. The monoisotopic (exact) mass is 432 g/mol. The van der Waals surface area contributed by atoms with Crippen LogP contribution < -0.4 is 0 Å². The predicted octanol–water partition coefficient (Wildman–Crippen LogP) is -1.41. The van der Waals surface area contributed by atoms with E-state index in [2.05, 4.69) is 11.3 Å². The summed E-state index contributed by atoms with van der Waals surface area (Å²) in [7, 11) is 2.38. The van der Waals surface area contributed by atoms with Crippen molar-refractivity contribution in [1.82, 2.24) is 0 Å². The van der Waals surface area contributed by atoms with Crippen molar-refractivity contribution in [3.8, 4) is 0 Å². The zero-order valence-electron chi connectivity index (χ0n) is 17.0. The zero-order chi connectivity index (χ0) is 22.6. The molecule has 8 atom stereocenters. The van der Waals surface area contributed by atoms with Crippen LogP contribution in [0.1, 0.15) is 13.3 Å². The van der Waals surface area contributed by atoms with Crippen LogP contribution in [0.25, 0.3) is 0 Å². The molecule has 11 heteroatoms. The number of rotatable bonds is 7. The van der Waals surface area contributed by atoms with E-state index in [1.807, 2.05) is 0 Å². The summed E-state index contributed by atoms with van der Waals surface area (Å²) in [6, 6.07) is 0. The van der Waals surface area contributed by atoms with Gasteiger partial charge in [0.05, 0.1) is 39.1 Å². The minimum Gasteiger partial charge on any atom is -0.471 e. The Hall–Kier alpha value is -2.02. The lowest BCUT2D eigenvalue weighted by Crippen LogP contribution is -2.65. The molecule has 170 valence electrons. The van der Waals surface area contributed by atoms with Crippen molar-refractivity contribution in [3.63, 3.8) is 0 Å². The average Bonchev–Trinajstić information content (AvgIpc) is 2.75. The van der Waals surface area contributed by atoms with Gasteiger partial charge in [0.15, 0.2) is 6.29 Å². The van der Waals surface area contributed by atoms with Gasteiger partial charge in [-0.15, -0.1) is 6.58 Å². The van der Waals surface area contributed by atoms with Crippen molar-refractivity contribution in [3.05, 3.63) is 24.5 Å². The van der Waals surface area contributed by atoms with Crippen LogP contribution in [0.4, 0.5) is 0 Å². The average molecular weight is 432 g/mol. The molecule has 0 amide bonds. The number of carbonyl (C=O) groups excluding carboxylic acids is 2. The number of aliphatic hydroxyl groups is 4. The van der Waals surface area contributed by atoms with Crippen molar-refractivity contribution in [1.29, 1.82) is 0 Å². The maximum absolute atomic E-state index is 12.1. The van der Waals surface area contributed by atoms with Crippen molar-refractivity contribution >= 4 is 11.9 Å². The third-order valence-electron chi connectivity index (χ3n) is 5.36. The van der Waals surface area contributed by atoms with Crippen LogP contribution in [0.5, 0.6) is 0 Å². The fourth-order valence-electron chi connectivity index (χ4n) is 3.42. The Morgan fingerprint density at radius 1 is 1.20 bits per heavy atom. The number of hydrogen-bond donors (Lipinski definition) is 4. The largest absolute Gasteiger partial charge is 0.471 e. The lowest BCUT2D eigenvalue weighted by molar-refractivity contribution is -0.363. The van der Waals surface area contributed by atoms with Crippen molar-refractivity contribution in [2.45, 2.75) is 49.8 Å². The molecular weight excluding hydrogens is 404 g/mol. The standard InChI is InChI=1S/C19H28O11/c1-5-9-10(6-12(21)26-3)11(16(25)27-4)7-28-17(9)29-18-14(23)13(22)15(24)19(2,8-20)30-18/h5,7,9-10,13-15,17-18,20,22-24H,1,6,8H2,2-4H3/t9-,10+,13+,14-,15-,17+,18-,19-/m1/s1. The van der Waals surface area contributed by atoms with E-state index in [0.717, 1.165) is 6.26 Å². The summed E-state index contributed by atoms with van der Waals surface area (Å²) in [5.74, 6) is -2.86. The van der Waals surface area contributed by atoms with Gasteiger partial charge in [-0.2, -0.15) is 0 Å². The summed E-state index contributed by atoms with van der Waals surface area (Å²) in [5, 5.41) is 40.0. The van der Waals surface area contributed by atoms with Gasteiger partial charge in [0.25, 0.3) is 0 Å². The highest BCUT2D eigenvalue weighted by Gasteiger charge is 2.53. The lowest BCUT2D eigenvalue weighted by Gasteiger charge is -2.47. The molecule has 0 bridgehead atoms. The molecule has 0 unspecified atom stereocenters. The molecule has 0 aromatic heterocycles. The predicted molar refractivity (Wildman–Crippen MR) is 98.3 cm³/mol. The van der Waals surface area contributed by atoms with Gasteiger partial charge < -0.3 is 44.1 Å². The molecule has 0 saturated carbocycles. The fourth-order valence-corrected chi connectivity index (χ4v) is 3.42. The summed E-state index contributed by atoms with van der Waals surface area (Å²) < 4.78 is 26.1. The highest BCUT2D eigenvalue weighted by atomic mass is 16.8. The first-order chi connectivity index (χ1) is 14.1.